The van der Waals surface area contributed by atoms with Crippen LogP contribution in [0.3, 0.4) is 0 Å². The molecule has 5 nitrogen and oxygen atoms in total. The number of nitrogens with one attached hydrogen (secondary N) is 1. The molecule has 0 radical (unpaired) electrons. The number of ether oxygens (including phenoxy) is 2. The summed E-state index contributed by atoms with van der Waals surface area (Å²) < 4.78 is 10.5. The highest BCUT2D eigenvalue weighted by atomic mass is 16.5. The molecule has 0 aromatic heterocycles. The van der Waals surface area contributed by atoms with E-state index in [1.807, 2.05) is 4.90 Å². The molecule has 3 rings (SSSR count). The van der Waals surface area contributed by atoms with Crippen LogP contribution in [-0.2, 0) is 6.54 Å². The van der Waals surface area contributed by atoms with Crippen molar-refractivity contribution in [1.29, 1.82) is 0 Å². The largest absolute Gasteiger partial charge is 0.493 e. The number of carbonyl (C=O) groups is 1. The normalized spacial score (nSPS) is 15.0. The van der Waals surface area contributed by atoms with Gasteiger partial charge in [-0.25, -0.2) is 0 Å². The van der Waals surface area contributed by atoms with Crippen LogP contribution < -0.4 is 14.4 Å². The average molecular weight is 355 g/mol. The summed E-state index contributed by atoms with van der Waals surface area (Å²) in [6.45, 7) is 6.59. The number of piperazine rings is 1. The van der Waals surface area contributed by atoms with Gasteiger partial charge in [0.1, 0.15) is 6.54 Å². The van der Waals surface area contributed by atoms with E-state index in [1.165, 1.54) is 16.0 Å². The summed E-state index contributed by atoms with van der Waals surface area (Å²) in [6.07, 6.45) is 0. The van der Waals surface area contributed by atoms with Crippen LogP contribution in [0.1, 0.15) is 21.5 Å². The standard InChI is InChI=1S/C21H26N2O3/c1-16-4-6-17(7-5-16)15-22-10-12-23(13-11-22)21(24)18-8-9-19(25-2)20(14-18)26-3/h4-9,14H,10-13,15H2,1-3H3/p+1. The molecule has 1 heterocycles. The van der Waals surface area contributed by atoms with E-state index in [9.17, 15) is 4.79 Å². The Morgan fingerprint density at radius 2 is 1.65 bits per heavy atom. The minimum absolute atomic E-state index is 0.0559. The number of amides is 1. The quantitative estimate of drug-likeness (QED) is 0.885. The van der Waals surface area contributed by atoms with Crippen molar-refractivity contribution < 1.29 is 19.2 Å². The first-order valence-corrected chi connectivity index (χ1v) is 9.01. The first-order valence-electron chi connectivity index (χ1n) is 9.01. The lowest BCUT2D eigenvalue weighted by Crippen LogP contribution is -3.13. The summed E-state index contributed by atoms with van der Waals surface area (Å²) in [5.41, 5.74) is 3.28. The monoisotopic (exact) mass is 355 g/mol. The molecule has 5 heteroatoms. The van der Waals surface area contributed by atoms with E-state index < -0.39 is 0 Å². The van der Waals surface area contributed by atoms with E-state index in [1.54, 1.807) is 32.4 Å². The van der Waals surface area contributed by atoms with Gasteiger partial charge in [-0.05, 0) is 25.1 Å². The zero-order valence-electron chi connectivity index (χ0n) is 15.7. The molecule has 0 bridgehead atoms. The Balaban J connectivity index is 1.59. The number of hydrogen-bond acceptors (Lipinski definition) is 3. The lowest BCUT2D eigenvalue weighted by molar-refractivity contribution is -0.917. The topological polar surface area (TPSA) is 43.2 Å². The van der Waals surface area contributed by atoms with Crippen LogP contribution in [0.4, 0.5) is 0 Å². The zero-order chi connectivity index (χ0) is 18.5. The van der Waals surface area contributed by atoms with Crippen molar-refractivity contribution in [2.24, 2.45) is 0 Å². The second-order valence-corrected chi connectivity index (χ2v) is 6.77. The lowest BCUT2D eigenvalue weighted by Gasteiger charge is -2.32. The highest BCUT2D eigenvalue weighted by Gasteiger charge is 2.25. The van der Waals surface area contributed by atoms with Crippen molar-refractivity contribution in [3.8, 4) is 11.5 Å². The maximum absolute atomic E-state index is 12.8. The number of carbonyl (C=O) groups excluding carboxylic acids is 1. The minimum Gasteiger partial charge on any atom is -0.493 e. The van der Waals surface area contributed by atoms with Crippen molar-refractivity contribution in [1.82, 2.24) is 4.90 Å². The number of methoxy groups -OCH3 is 2. The van der Waals surface area contributed by atoms with Gasteiger partial charge in [0, 0.05) is 11.1 Å². The van der Waals surface area contributed by atoms with Crippen molar-refractivity contribution in [3.63, 3.8) is 0 Å². The van der Waals surface area contributed by atoms with Crippen molar-refractivity contribution in [3.05, 3.63) is 59.2 Å². The van der Waals surface area contributed by atoms with Gasteiger partial charge in [-0.15, -0.1) is 0 Å². The van der Waals surface area contributed by atoms with Gasteiger partial charge in [0.15, 0.2) is 11.5 Å². The third-order valence-electron chi connectivity index (χ3n) is 4.96. The number of hydrogen-bond donors (Lipinski definition) is 1. The Labute approximate surface area is 155 Å². The molecule has 2 aromatic carbocycles. The molecule has 1 amide bonds. The van der Waals surface area contributed by atoms with Crippen LogP contribution in [-0.4, -0.2) is 51.2 Å². The molecular weight excluding hydrogens is 328 g/mol. The van der Waals surface area contributed by atoms with Gasteiger partial charge in [-0.1, -0.05) is 29.8 Å². The number of nitrogens with zero attached hydrogens (tertiary/aromatic N) is 1. The Morgan fingerprint density at radius 1 is 1.00 bits per heavy atom. The van der Waals surface area contributed by atoms with Crippen molar-refractivity contribution >= 4 is 5.91 Å². The van der Waals surface area contributed by atoms with E-state index in [0.717, 1.165) is 32.7 Å². The molecule has 1 aliphatic heterocycles. The molecule has 2 aromatic rings. The van der Waals surface area contributed by atoms with Crippen LogP contribution >= 0.6 is 0 Å². The molecule has 0 unspecified atom stereocenters. The van der Waals surface area contributed by atoms with Crippen LogP contribution in [0.15, 0.2) is 42.5 Å². The summed E-state index contributed by atoms with van der Waals surface area (Å²) in [4.78, 5) is 16.2. The highest BCUT2D eigenvalue weighted by Crippen LogP contribution is 2.28. The Bertz CT molecular complexity index is 750. The van der Waals surface area contributed by atoms with Gasteiger partial charge in [-0.3, -0.25) is 4.79 Å². The van der Waals surface area contributed by atoms with Gasteiger partial charge in [0.2, 0.25) is 0 Å². The minimum atomic E-state index is 0.0559. The molecule has 1 N–H and O–H groups in total. The number of quaternary nitrogens is 1. The maximum atomic E-state index is 12.8. The van der Waals surface area contributed by atoms with Crippen molar-refractivity contribution in [2.75, 3.05) is 40.4 Å². The summed E-state index contributed by atoms with van der Waals surface area (Å²) >= 11 is 0. The maximum Gasteiger partial charge on any atom is 0.254 e. The first-order chi connectivity index (χ1) is 12.6. The molecule has 0 atom stereocenters. The van der Waals surface area contributed by atoms with Crippen LogP contribution in [0.5, 0.6) is 11.5 Å². The van der Waals surface area contributed by atoms with Gasteiger partial charge in [-0.2, -0.15) is 0 Å². The fourth-order valence-electron chi connectivity index (χ4n) is 3.35. The highest BCUT2D eigenvalue weighted by molar-refractivity contribution is 5.95. The predicted molar refractivity (Wildman–Crippen MR) is 101 cm³/mol. The second kappa shape index (κ2) is 8.23. The van der Waals surface area contributed by atoms with Crippen LogP contribution in [0.25, 0.3) is 0 Å². The SMILES string of the molecule is COc1ccc(C(=O)N2CC[NH+](Cc3ccc(C)cc3)CC2)cc1OC. The lowest BCUT2D eigenvalue weighted by atomic mass is 10.1. The van der Waals surface area contributed by atoms with Crippen LogP contribution in [0.2, 0.25) is 0 Å². The number of aryl methyl sites for hydroxylation is 1. The molecular formula is C21H27N2O3+. The van der Waals surface area contributed by atoms with Crippen LogP contribution in [0, 0.1) is 6.92 Å². The van der Waals surface area contributed by atoms with E-state index in [4.69, 9.17) is 9.47 Å². The Kier molecular flexibility index (Phi) is 5.78. The molecule has 0 saturated carbocycles. The van der Waals surface area contributed by atoms with Gasteiger partial charge in [0.05, 0.1) is 40.4 Å². The summed E-state index contributed by atoms with van der Waals surface area (Å²) in [7, 11) is 3.18. The molecule has 1 saturated heterocycles. The smallest absolute Gasteiger partial charge is 0.254 e. The predicted octanol–water partition coefficient (Wildman–Crippen LogP) is 1.55. The van der Waals surface area contributed by atoms with E-state index in [2.05, 4.69) is 31.2 Å². The van der Waals surface area contributed by atoms with E-state index in [0.29, 0.717) is 17.1 Å². The summed E-state index contributed by atoms with van der Waals surface area (Å²) in [5, 5.41) is 0. The average Bonchev–Trinajstić information content (AvgIpc) is 2.69. The molecule has 138 valence electrons. The Morgan fingerprint density at radius 3 is 2.27 bits per heavy atom. The Hall–Kier alpha value is -2.53. The van der Waals surface area contributed by atoms with Gasteiger partial charge in [0.25, 0.3) is 5.91 Å². The molecule has 0 aliphatic carbocycles. The van der Waals surface area contributed by atoms with Gasteiger partial charge >= 0.3 is 0 Å². The number of rotatable bonds is 5. The third kappa shape index (κ3) is 4.17. The molecule has 1 aliphatic rings. The van der Waals surface area contributed by atoms with E-state index >= 15 is 0 Å². The third-order valence-corrected chi connectivity index (χ3v) is 4.96. The fourth-order valence-corrected chi connectivity index (χ4v) is 3.35. The second-order valence-electron chi connectivity index (χ2n) is 6.77. The van der Waals surface area contributed by atoms with Gasteiger partial charge < -0.3 is 19.3 Å². The molecule has 26 heavy (non-hydrogen) atoms. The molecule has 0 spiro atoms. The number of benzene rings is 2. The summed E-state index contributed by atoms with van der Waals surface area (Å²) in [6, 6.07) is 14.1. The zero-order valence-corrected chi connectivity index (χ0v) is 15.7. The first kappa shape index (κ1) is 18.3. The molecule has 1 fully saturated rings. The van der Waals surface area contributed by atoms with E-state index in [-0.39, 0.29) is 5.91 Å². The fraction of sp³-hybridized carbons (Fsp3) is 0.381. The summed E-state index contributed by atoms with van der Waals surface area (Å²) in [5.74, 6) is 1.28. The van der Waals surface area contributed by atoms with Crippen molar-refractivity contribution in [2.45, 2.75) is 13.5 Å².